The molecule has 0 aliphatic carbocycles. The van der Waals surface area contributed by atoms with Crippen molar-refractivity contribution in [3.05, 3.63) is 72.4 Å². The Kier molecular flexibility index (Phi) is 4.69. The van der Waals surface area contributed by atoms with Gasteiger partial charge in [0, 0.05) is 17.7 Å². The van der Waals surface area contributed by atoms with Crippen molar-refractivity contribution < 1.29 is 10.0 Å². The Labute approximate surface area is 138 Å². The molecule has 1 amide bonds. The van der Waals surface area contributed by atoms with Crippen LogP contribution in [0.25, 0.3) is 17.0 Å². The smallest absolute Gasteiger partial charge is 0.267 e. The number of fused-ring (bicyclic) bond motifs is 1. The molecule has 1 aromatic heterocycles. The van der Waals surface area contributed by atoms with Crippen molar-refractivity contribution in [3.8, 4) is 0 Å². The van der Waals surface area contributed by atoms with Gasteiger partial charge in [-0.2, -0.15) is 0 Å². The molecule has 6 nitrogen and oxygen atoms in total. The summed E-state index contributed by atoms with van der Waals surface area (Å²) in [6, 6.07) is 17.3. The Balaban J connectivity index is 1.68. The van der Waals surface area contributed by atoms with E-state index in [4.69, 9.17) is 5.21 Å². The molecule has 0 aliphatic rings. The number of nitrogens with zero attached hydrogens (tertiary/aromatic N) is 1. The maximum atomic E-state index is 10.9. The van der Waals surface area contributed by atoms with Gasteiger partial charge in [-0.3, -0.25) is 20.4 Å². The lowest BCUT2D eigenvalue weighted by Gasteiger charge is -2.11. The van der Waals surface area contributed by atoms with Crippen LogP contribution in [0.3, 0.4) is 0 Å². The number of aromatic nitrogens is 1. The lowest BCUT2D eigenvalue weighted by Crippen LogP contribution is -2.14. The van der Waals surface area contributed by atoms with Crippen LogP contribution in [0.1, 0.15) is 5.56 Å². The van der Waals surface area contributed by atoms with E-state index in [-0.39, 0.29) is 0 Å². The third-order valence-electron chi connectivity index (χ3n) is 3.42. The van der Waals surface area contributed by atoms with Crippen molar-refractivity contribution in [2.45, 2.75) is 0 Å². The van der Waals surface area contributed by atoms with Crippen molar-refractivity contribution in [1.82, 2.24) is 10.5 Å². The lowest BCUT2D eigenvalue weighted by atomic mass is 10.2. The van der Waals surface area contributed by atoms with Crippen molar-refractivity contribution in [2.75, 3.05) is 10.9 Å². The minimum Gasteiger partial charge on any atom is -0.301 e. The van der Waals surface area contributed by atoms with E-state index >= 15 is 0 Å². The molecule has 0 saturated carbocycles. The number of benzene rings is 2. The topological polar surface area (TPSA) is 86.3 Å². The Morgan fingerprint density at radius 3 is 2.58 bits per heavy atom. The number of hydrazine groups is 1. The summed E-state index contributed by atoms with van der Waals surface area (Å²) in [5, 5.41) is 9.50. The largest absolute Gasteiger partial charge is 0.301 e. The highest BCUT2D eigenvalue weighted by atomic mass is 16.5. The first kappa shape index (κ1) is 15.5. The molecule has 3 aromatic rings. The highest BCUT2D eigenvalue weighted by molar-refractivity contribution is 5.91. The molecular weight excluding hydrogens is 304 g/mol. The molecule has 6 heteroatoms. The lowest BCUT2D eigenvalue weighted by molar-refractivity contribution is -0.124. The summed E-state index contributed by atoms with van der Waals surface area (Å²) in [6.45, 7) is 0. The highest BCUT2D eigenvalue weighted by Gasteiger charge is 2.01. The fourth-order valence-electron chi connectivity index (χ4n) is 2.23. The second-order valence-corrected chi connectivity index (χ2v) is 5.06. The van der Waals surface area contributed by atoms with E-state index in [2.05, 4.69) is 15.8 Å². The summed E-state index contributed by atoms with van der Waals surface area (Å²) in [4.78, 5) is 15.3. The van der Waals surface area contributed by atoms with Crippen LogP contribution in [0.15, 0.2) is 66.9 Å². The molecule has 0 saturated heterocycles. The molecular formula is C18H16N4O2. The molecule has 2 aromatic carbocycles. The fraction of sp³-hybridized carbons (Fsp3) is 0. The Morgan fingerprint density at radius 2 is 1.79 bits per heavy atom. The highest BCUT2D eigenvalue weighted by Crippen LogP contribution is 2.21. The minimum atomic E-state index is -0.567. The number of amides is 1. The van der Waals surface area contributed by atoms with Gasteiger partial charge in [0.05, 0.1) is 16.9 Å². The fourth-order valence-corrected chi connectivity index (χ4v) is 2.23. The summed E-state index contributed by atoms with van der Waals surface area (Å²) >= 11 is 0. The summed E-state index contributed by atoms with van der Waals surface area (Å²) in [5.74, 6) is -0.567. The van der Waals surface area contributed by atoms with E-state index in [1.165, 1.54) is 6.08 Å². The van der Waals surface area contributed by atoms with E-state index < -0.39 is 5.91 Å². The maximum Gasteiger partial charge on any atom is 0.267 e. The number of carbonyl (C=O) groups is 1. The molecule has 24 heavy (non-hydrogen) atoms. The first-order valence-corrected chi connectivity index (χ1v) is 7.34. The van der Waals surface area contributed by atoms with Crippen LogP contribution in [0.2, 0.25) is 0 Å². The van der Waals surface area contributed by atoms with E-state index in [0.717, 1.165) is 27.8 Å². The van der Waals surface area contributed by atoms with Gasteiger partial charge in [0.15, 0.2) is 0 Å². The van der Waals surface area contributed by atoms with Crippen LogP contribution in [-0.4, -0.2) is 16.1 Å². The monoisotopic (exact) mass is 320 g/mol. The molecule has 120 valence electrons. The van der Waals surface area contributed by atoms with Crippen molar-refractivity contribution in [3.63, 3.8) is 0 Å². The molecule has 0 fully saturated rings. The summed E-state index contributed by atoms with van der Waals surface area (Å²) in [6.07, 6.45) is 4.62. The van der Waals surface area contributed by atoms with Crippen LogP contribution in [0.4, 0.5) is 11.4 Å². The van der Waals surface area contributed by atoms with Gasteiger partial charge in [0.1, 0.15) is 0 Å². The summed E-state index contributed by atoms with van der Waals surface area (Å²) in [7, 11) is 0. The zero-order chi connectivity index (χ0) is 16.8. The number of rotatable bonds is 5. The second-order valence-electron chi connectivity index (χ2n) is 5.06. The van der Waals surface area contributed by atoms with Gasteiger partial charge in [0.25, 0.3) is 5.91 Å². The van der Waals surface area contributed by atoms with E-state index in [0.29, 0.717) is 0 Å². The number of anilines is 2. The number of hydroxylamine groups is 1. The SMILES string of the molecule is O=C(/C=C/c1ccc(NNc2cccc3cccnc23)cc1)NO. The van der Waals surface area contributed by atoms with E-state index in [1.54, 1.807) is 17.8 Å². The molecule has 0 spiro atoms. The molecule has 0 bridgehead atoms. The van der Waals surface area contributed by atoms with Crippen LogP contribution in [-0.2, 0) is 4.79 Å². The zero-order valence-electron chi connectivity index (χ0n) is 12.7. The average molecular weight is 320 g/mol. The maximum absolute atomic E-state index is 10.9. The Morgan fingerprint density at radius 1 is 1.00 bits per heavy atom. The van der Waals surface area contributed by atoms with Gasteiger partial charge < -0.3 is 5.43 Å². The van der Waals surface area contributed by atoms with Gasteiger partial charge in [-0.05, 0) is 35.9 Å². The summed E-state index contributed by atoms with van der Waals surface area (Å²) < 4.78 is 0. The molecule has 0 unspecified atom stereocenters. The first-order chi connectivity index (χ1) is 11.8. The van der Waals surface area contributed by atoms with Crippen molar-refractivity contribution in [2.24, 2.45) is 0 Å². The van der Waals surface area contributed by atoms with Gasteiger partial charge in [-0.15, -0.1) is 0 Å². The van der Waals surface area contributed by atoms with E-state index in [9.17, 15) is 4.79 Å². The number of carbonyl (C=O) groups excluding carboxylic acids is 1. The third-order valence-corrected chi connectivity index (χ3v) is 3.42. The normalized spacial score (nSPS) is 10.7. The number of pyridine rings is 1. The number of hydrogen-bond donors (Lipinski definition) is 4. The standard InChI is InChI=1S/C18H16N4O2/c23-17(22-24)11-8-13-6-9-15(10-7-13)20-21-16-5-1-3-14-4-2-12-19-18(14)16/h1-12,20-21,24H,(H,22,23)/b11-8+. The van der Waals surface area contributed by atoms with Crippen LogP contribution >= 0.6 is 0 Å². The van der Waals surface area contributed by atoms with Crippen LogP contribution < -0.4 is 16.3 Å². The van der Waals surface area contributed by atoms with E-state index in [1.807, 2.05) is 54.6 Å². The van der Waals surface area contributed by atoms with Gasteiger partial charge in [-0.25, -0.2) is 5.48 Å². The molecule has 0 atom stereocenters. The molecule has 1 heterocycles. The van der Waals surface area contributed by atoms with Crippen LogP contribution in [0, 0.1) is 0 Å². The van der Waals surface area contributed by atoms with Gasteiger partial charge in [0.2, 0.25) is 0 Å². The molecule has 0 radical (unpaired) electrons. The molecule has 4 N–H and O–H groups in total. The quantitative estimate of drug-likeness (QED) is 0.329. The van der Waals surface area contributed by atoms with Gasteiger partial charge in [-0.1, -0.05) is 30.3 Å². The van der Waals surface area contributed by atoms with Crippen molar-refractivity contribution in [1.29, 1.82) is 0 Å². The number of hydrogen-bond acceptors (Lipinski definition) is 5. The molecule has 3 rings (SSSR count). The average Bonchev–Trinajstić information content (AvgIpc) is 2.65. The first-order valence-electron chi connectivity index (χ1n) is 7.34. The predicted octanol–water partition coefficient (Wildman–Crippen LogP) is 3.19. The van der Waals surface area contributed by atoms with Crippen LogP contribution in [0.5, 0.6) is 0 Å². The Hall–Kier alpha value is -3.38. The summed E-state index contributed by atoms with van der Waals surface area (Å²) in [5.41, 5.74) is 11.3. The van der Waals surface area contributed by atoms with Crippen molar-refractivity contribution >= 4 is 34.3 Å². The molecule has 0 aliphatic heterocycles. The second kappa shape index (κ2) is 7.26. The minimum absolute atomic E-state index is 0.567. The number of para-hydroxylation sites is 1. The Bertz CT molecular complexity index is 870. The third kappa shape index (κ3) is 3.68. The number of nitrogens with one attached hydrogen (secondary N) is 3. The predicted molar refractivity (Wildman–Crippen MR) is 94.4 cm³/mol. The van der Waals surface area contributed by atoms with Gasteiger partial charge >= 0.3 is 0 Å². The zero-order valence-corrected chi connectivity index (χ0v) is 12.7.